The first kappa shape index (κ1) is 9.50. The highest BCUT2D eigenvalue weighted by atomic mass is 35.5. The molecule has 0 aliphatic rings. The van der Waals surface area contributed by atoms with Crippen molar-refractivity contribution < 1.29 is 4.79 Å². The number of carbonyl (C=O) groups is 1. The molecule has 0 aliphatic heterocycles. The van der Waals surface area contributed by atoms with Crippen LogP contribution in [-0.4, -0.2) is 16.8 Å². The molecular weight excluding hydrogens is 170 g/mol. The number of thiocarbonyl (C=S) groups is 1. The molecule has 0 heterocycles. The molecule has 4 heteroatoms. The van der Waals surface area contributed by atoms with E-state index < -0.39 is 0 Å². The van der Waals surface area contributed by atoms with Crippen LogP contribution in [-0.2, 0) is 4.79 Å². The lowest BCUT2D eigenvalue weighted by Gasteiger charge is -1.87. The molecule has 0 N–H and O–H groups in total. The molecule has 0 rings (SSSR count). The topological polar surface area (TPSA) is 29.4 Å². The summed E-state index contributed by atoms with van der Waals surface area (Å²) in [5, 5.41) is 2.13. The van der Waals surface area contributed by atoms with Crippen LogP contribution in [0.3, 0.4) is 0 Å². The van der Waals surface area contributed by atoms with E-state index >= 15 is 0 Å². The summed E-state index contributed by atoms with van der Waals surface area (Å²) in [7, 11) is 0. The van der Waals surface area contributed by atoms with E-state index in [2.05, 4.69) is 22.4 Å². The Morgan fingerprint density at radius 3 is 2.80 bits per heavy atom. The van der Waals surface area contributed by atoms with Gasteiger partial charge in [0.25, 0.3) is 0 Å². The molecular formula is C6H6ClNOS. The number of carbonyl (C=O) groups excluding carboxylic acids is 1. The van der Waals surface area contributed by atoms with Crippen LogP contribution in [0.1, 0.15) is 6.92 Å². The number of hydrogen-bond donors (Lipinski definition) is 0. The van der Waals surface area contributed by atoms with Crippen LogP contribution >= 0.6 is 23.8 Å². The minimum atomic E-state index is -0.0929. The average molecular weight is 176 g/mol. The third-order valence-electron chi connectivity index (χ3n) is 0.696. The second-order valence-corrected chi connectivity index (χ2v) is 2.03. The Labute approximate surface area is 69.6 Å². The molecule has 10 heavy (non-hydrogen) atoms. The number of hydrogen-bond acceptors (Lipinski definition) is 3. The van der Waals surface area contributed by atoms with E-state index in [-0.39, 0.29) is 11.7 Å². The summed E-state index contributed by atoms with van der Waals surface area (Å²) in [4.78, 5) is 14.0. The standard InChI is InChI=1S/C6H6ClNOS/c1-5(9)2-6(3-7)8-4-10/h2H,3H2,1H3. The fourth-order valence-corrected chi connectivity index (χ4v) is 0.648. The third-order valence-corrected chi connectivity index (χ3v) is 1.06. The van der Waals surface area contributed by atoms with E-state index in [9.17, 15) is 4.79 Å². The molecule has 0 aromatic heterocycles. The van der Waals surface area contributed by atoms with Gasteiger partial charge in [-0.1, -0.05) is 0 Å². The molecule has 0 aromatic carbocycles. The Morgan fingerprint density at radius 2 is 2.50 bits per heavy atom. The number of alkyl halides is 1. The van der Waals surface area contributed by atoms with E-state index in [1.165, 1.54) is 13.0 Å². The zero-order chi connectivity index (χ0) is 7.98. The lowest BCUT2D eigenvalue weighted by Crippen LogP contribution is -1.87. The highest BCUT2D eigenvalue weighted by Crippen LogP contribution is 1.98. The first-order chi connectivity index (χ1) is 4.70. The third kappa shape index (κ3) is 4.39. The summed E-state index contributed by atoms with van der Waals surface area (Å²) in [5.74, 6) is 0.0908. The largest absolute Gasteiger partial charge is 0.295 e. The monoisotopic (exact) mass is 175 g/mol. The highest BCUT2D eigenvalue weighted by Gasteiger charge is 1.92. The Kier molecular flexibility index (Phi) is 5.03. The lowest BCUT2D eigenvalue weighted by atomic mass is 10.3. The molecule has 2 nitrogen and oxygen atoms in total. The molecule has 0 bridgehead atoms. The van der Waals surface area contributed by atoms with Crippen LogP contribution in [0.2, 0.25) is 0 Å². The Bertz CT molecular complexity index is 206. The van der Waals surface area contributed by atoms with Crippen LogP contribution in [0, 0.1) is 0 Å². The van der Waals surface area contributed by atoms with Crippen molar-refractivity contribution >= 4 is 34.8 Å². The molecule has 54 valence electrons. The van der Waals surface area contributed by atoms with Crippen molar-refractivity contribution in [3.63, 3.8) is 0 Å². The quantitative estimate of drug-likeness (QED) is 0.283. The number of allylic oxidation sites excluding steroid dienone is 2. The van der Waals surface area contributed by atoms with Crippen molar-refractivity contribution in [1.82, 2.24) is 0 Å². The van der Waals surface area contributed by atoms with Gasteiger partial charge >= 0.3 is 0 Å². The molecule has 0 spiro atoms. The van der Waals surface area contributed by atoms with Crippen molar-refractivity contribution in [2.45, 2.75) is 6.92 Å². The van der Waals surface area contributed by atoms with Crippen LogP contribution in [0.25, 0.3) is 0 Å². The van der Waals surface area contributed by atoms with E-state index in [0.29, 0.717) is 5.70 Å². The van der Waals surface area contributed by atoms with Crippen LogP contribution in [0.15, 0.2) is 16.8 Å². The Hall–Kier alpha value is -0.500. The van der Waals surface area contributed by atoms with E-state index in [1.807, 2.05) is 0 Å². The maximum atomic E-state index is 10.4. The zero-order valence-corrected chi connectivity index (χ0v) is 7.00. The highest BCUT2D eigenvalue weighted by molar-refractivity contribution is 7.78. The van der Waals surface area contributed by atoms with Crippen molar-refractivity contribution in [3.8, 4) is 0 Å². The van der Waals surface area contributed by atoms with Crippen molar-refractivity contribution in [2.75, 3.05) is 5.88 Å². The number of halogens is 1. The van der Waals surface area contributed by atoms with Gasteiger partial charge in [0.15, 0.2) is 5.78 Å². The van der Waals surface area contributed by atoms with Gasteiger partial charge in [0.1, 0.15) is 0 Å². The van der Waals surface area contributed by atoms with E-state index in [0.717, 1.165) is 0 Å². The van der Waals surface area contributed by atoms with Gasteiger partial charge in [-0.25, -0.2) is 0 Å². The summed E-state index contributed by atoms with van der Waals surface area (Å²) >= 11 is 9.71. The van der Waals surface area contributed by atoms with Crippen LogP contribution in [0.5, 0.6) is 0 Å². The molecule has 0 amide bonds. The van der Waals surface area contributed by atoms with Gasteiger partial charge in [0.05, 0.1) is 16.7 Å². The van der Waals surface area contributed by atoms with Crippen molar-refractivity contribution in [2.24, 2.45) is 4.99 Å². The van der Waals surface area contributed by atoms with Gasteiger partial charge in [-0.05, 0) is 19.1 Å². The summed E-state index contributed by atoms with van der Waals surface area (Å²) in [6, 6.07) is 0. The van der Waals surface area contributed by atoms with E-state index in [4.69, 9.17) is 11.6 Å². The minimum absolute atomic E-state index is 0.0929. The Balaban J connectivity index is 4.32. The molecule has 0 fully saturated rings. The van der Waals surface area contributed by atoms with Gasteiger partial charge < -0.3 is 0 Å². The SMILES string of the molecule is CC(=O)C=C(CCl)N=C=S. The molecule has 0 atom stereocenters. The fourth-order valence-electron chi connectivity index (χ4n) is 0.394. The summed E-state index contributed by atoms with van der Waals surface area (Å²) < 4.78 is 0. The molecule has 0 aromatic rings. The molecule has 0 radical (unpaired) electrons. The molecule has 0 unspecified atom stereocenters. The van der Waals surface area contributed by atoms with Crippen LogP contribution < -0.4 is 0 Å². The summed E-state index contributed by atoms with van der Waals surface area (Å²) in [6.45, 7) is 1.42. The molecule has 0 saturated heterocycles. The number of ketones is 1. The molecule has 0 saturated carbocycles. The number of isothiocyanates is 1. The van der Waals surface area contributed by atoms with E-state index in [1.54, 1.807) is 0 Å². The first-order valence-corrected chi connectivity index (χ1v) is 3.50. The zero-order valence-electron chi connectivity index (χ0n) is 5.43. The number of nitrogens with zero attached hydrogens (tertiary/aromatic N) is 1. The van der Waals surface area contributed by atoms with Crippen molar-refractivity contribution in [3.05, 3.63) is 11.8 Å². The van der Waals surface area contributed by atoms with Crippen LogP contribution in [0.4, 0.5) is 0 Å². The first-order valence-electron chi connectivity index (χ1n) is 2.55. The summed E-state index contributed by atoms with van der Waals surface area (Å²) in [5.41, 5.74) is 0.448. The smallest absolute Gasteiger partial charge is 0.154 e. The maximum absolute atomic E-state index is 10.4. The fraction of sp³-hybridized carbons (Fsp3) is 0.333. The Morgan fingerprint density at radius 1 is 1.90 bits per heavy atom. The van der Waals surface area contributed by atoms with Gasteiger partial charge in [-0.3, -0.25) is 4.79 Å². The predicted octanol–water partition coefficient (Wildman–Crippen LogP) is 1.80. The van der Waals surface area contributed by atoms with Gasteiger partial charge in [0.2, 0.25) is 0 Å². The normalized spacial score (nSPS) is 10.4. The average Bonchev–Trinajstić information content (AvgIpc) is 1.86. The van der Waals surface area contributed by atoms with Crippen molar-refractivity contribution in [1.29, 1.82) is 0 Å². The summed E-state index contributed by atoms with van der Waals surface area (Å²) in [6.07, 6.45) is 1.33. The molecule has 0 aliphatic carbocycles. The number of rotatable bonds is 3. The minimum Gasteiger partial charge on any atom is -0.295 e. The second kappa shape index (κ2) is 5.30. The lowest BCUT2D eigenvalue weighted by molar-refractivity contribution is -0.112. The van der Waals surface area contributed by atoms with Gasteiger partial charge in [-0.15, -0.1) is 11.6 Å². The maximum Gasteiger partial charge on any atom is 0.154 e. The van der Waals surface area contributed by atoms with Gasteiger partial charge in [0, 0.05) is 6.08 Å². The number of aliphatic imine (C=N–C) groups is 1. The predicted molar refractivity (Wildman–Crippen MR) is 44.5 cm³/mol. The second-order valence-electron chi connectivity index (χ2n) is 1.58. The van der Waals surface area contributed by atoms with Gasteiger partial charge in [-0.2, -0.15) is 4.99 Å².